The van der Waals surface area contributed by atoms with E-state index in [1.807, 2.05) is 48.5 Å². The fraction of sp³-hybridized carbons (Fsp3) is 0.219. The van der Waals surface area contributed by atoms with Crippen molar-refractivity contribution in [2.45, 2.75) is 32.6 Å². The molecule has 0 spiro atoms. The Morgan fingerprint density at radius 2 is 1.60 bits per heavy atom. The van der Waals surface area contributed by atoms with Crippen LogP contribution in [0, 0.1) is 11.8 Å². The lowest BCUT2D eigenvalue weighted by Gasteiger charge is -2.06. The Bertz CT molecular complexity index is 1220. The van der Waals surface area contributed by atoms with Crippen molar-refractivity contribution >= 4 is 11.0 Å². The maximum absolute atomic E-state index is 5.83. The molecule has 0 fully saturated rings. The average molecular weight is 467 g/mol. The van der Waals surface area contributed by atoms with Gasteiger partial charge in [0, 0.05) is 23.3 Å². The van der Waals surface area contributed by atoms with Gasteiger partial charge in [0.1, 0.15) is 5.75 Å². The summed E-state index contributed by atoms with van der Waals surface area (Å²) in [7, 11) is 1.50. The predicted molar refractivity (Wildman–Crippen MR) is 149 cm³/mol. The van der Waals surface area contributed by atoms with Crippen LogP contribution in [-0.2, 0) is 0 Å². The Balaban J connectivity index is 0.00000103. The van der Waals surface area contributed by atoms with Gasteiger partial charge in [-0.05, 0) is 73.1 Å². The molecule has 0 aliphatic carbocycles. The summed E-state index contributed by atoms with van der Waals surface area (Å²) in [4.78, 5) is 0. The van der Waals surface area contributed by atoms with E-state index in [2.05, 4.69) is 68.0 Å². The van der Waals surface area contributed by atoms with Gasteiger partial charge in [0.2, 0.25) is 0 Å². The van der Waals surface area contributed by atoms with E-state index in [-0.39, 0.29) is 0 Å². The molecule has 1 aromatic heterocycles. The van der Waals surface area contributed by atoms with Gasteiger partial charge in [-0.25, -0.2) is 4.42 Å². The van der Waals surface area contributed by atoms with E-state index < -0.39 is 0 Å². The number of hydrogen-bond acceptors (Lipinski definition) is 2. The van der Waals surface area contributed by atoms with Gasteiger partial charge in [-0.1, -0.05) is 56.2 Å². The zero-order chi connectivity index (χ0) is 25.3. The van der Waals surface area contributed by atoms with Gasteiger partial charge in [0.15, 0.2) is 0 Å². The molecule has 0 amide bonds. The third-order valence-corrected chi connectivity index (χ3v) is 5.26. The highest BCUT2D eigenvalue weighted by atomic mass is 16.5. The van der Waals surface area contributed by atoms with E-state index >= 15 is 0 Å². The fourth-order valence-corrected chi connectivity index (χ4v) is 3.55. The zero-order valence-electron chi connectivity index (χ0n) is 20.9. The number of fused-ring (bicyclic) bond motifs is 1. The normalized spacial score (nSPS) is 9.57. The smallest absolute Gasteiger partial charge is 0.359 e. The van der Waals surface area contributed by atoms with Crippen molar-refractivity contribution in [3.8, 4) is 28.7 Å². The quantitative estimate of drug-likeness (QED) is 0.129. The molecule has 0 saturated carbocycles. The second-order valence-electron chi connectivity index (χ2n) is 7.59. The van der Waals surface area contributed by atoms with Crippen LogP contribution in [-0.4, -0.2) is 13.7 Å². The molecule has 0 radical (unpaired) electrons. The first-order valence-electron chi connectivity index (χ1n) is 12.1. The van der Waals surface area contributed by atoms with Crippen molar-refractivity contribution in [1.82, 2.24) is 0 Å². The molecule has 35 heavy (non-hydrogen) atoms. The first-order valence-corrected chi connectivity index (χ1v) is 12.1. The SMILES string of the molecule is C=C.CCCCCCOc1ccc(C#Cc2ccccc2-c2ccc3[o+]cccc3c2)cc1.CN. The van der Waals surface area contributed by atoms with E-state index in [0.717, 1.165) is 52.0 Å². The lowest BCUT2D eigenvalue weighted by molar-refractivity contribution is 0.305. The van der Waals surface area contributed by atoms with Crippen LogP contribution in [0.4, 0.5) is 0 Å². The monoisotopic (exact) mass is 466 g/mol. The molecule has 3 aromatic carbocycles. The fourth-order valence-electron chi connectivity index (χ4n) is 3.55. The molecule has 0 saturated heterocycles. The Kier molecular flexibility index (Phi) is 12.4. The molecule has 180 valence electrons. The van der Waals surface area contributed by atoms with Crippen LogP contribution in [0.25, 0.3) is 22.1 Å². The molecular weight excluding hydrogens is 430 g/mol. The van der Waals surface area contributed by atoms with Gasteiger partial charge in [0.05, 0.1) is 12.0 Å². The Hall–Kier alpha value is -3.87. The summed E-state index contributed by atoms with van der Waals surface area (Å²) in [5.41, 5.74) is 9.61. The minimum atomic E-state index is 0.775. The van der Waals surface area contributed by atoms with Crippen LogP contribution in [0.5, 0.6) is 5.75 Å². The minimum Gasteiger partial charge on any atom is -0.494 e. The molecule has 4 aromatic rings. The second kappa shape index (κ2) is 15.9. The zero-order valence-corrected chi connectivity index (χ0v) is 20.9. The van der Waals surface area contributed by atoms with Crippen LogP contribution in [0.15, 0.2) is 103 Å². The maximum atomic E-state index is 5.83. The topological polar surface area (TPSA) is 46.5 Å². The molecule has 4 rings (SSSR count). The van der Waals surface area contributed by atoms with Gasteiger partial charge >= 0.3 is 11.8 Å². The summed E-state index contributed by atoms with van der Waals surface area (Å²) < 4.78 is 11.4. The molecule has 2 N–H and O–H groups in total. The highest BCUT2D eigenvalue weighted by molar-refractivity contribution is 5.84. The van der Waals surface area contributed by atoms with Crippen molar-refractivity contribution in [1.29, 1.82) is 0 Å². The van der Waals surface area contributed by atoms with Crippen molar-refractivity contribution in [2.75, 3.05) is 13.7 Å². The molecule has 0 atom stereocenters. The predicted octanol–water partition coefficient (Wildman–Crippen LogP) is 8.12. The number of benzene rings is 3. The first kappa shape index (κ1) is 27.4. The summed E-state index contributed by atoms with van der Waals surface area (Å²) in [6.45, 7) is 8.99. The maximum Gasteiger partial charge on any atom is 0.359 e. The van der Waals surface area contributed by atoms with E-state index in [1.54, 1.807) is 6.26 Å². The van der Waals surface area contributed by atoms with Crippen molar-refractivity contribution in [2.24, 2.45) is 5.73 Å². The van der Waals surface area contributed by atoms with Crippen LogP contribution in [0.2, 0.25) is 0 Å². The van der Waals surface area contributed by atoms with Crippen molar-refractivity contribution in [3.05, 3.63) is 109 Å². The Labute approximate surface area is 210 Å². The third-order valence-electron chi connectivity index (χ3n) is 5.26. The summed E-state index contributed by atoms with van der Waals surface area (Å²) >= 11 is 0. The first-order chi connectivity index (χ1) is 17.3. The van der Waals surface area contributed by atoms with Crippen LogP contribution >= 0.6 is 0 Å². The summed E-state index contributed by atoms with van der Waals surface area (Å²) in [5.74, 6) is 7.55. The van der Waals surface area contributed by atoms with E-state index in [0.29, 0.717) is 0 Å². The van der Waals surface area contributed by atoms with Gasteiger partial charge in [-0.2, -0.15) is 0 Å². The average Bonchev–Trinajstić information content (AvgIpc) is 2.94. The van der Waals surface area contributed by atoms with E-state index in [4.69, 9.17) is 9.15 Å². The molecular formula is C32H36NO2+. The van der Waals surface area contributed by atoms with Gasteiger partial charge in [-0.3, -0.25) is 0 Å². The molecule has 3 heteroatoms. The molecule has 0 aliphatic rings. The summed E-state index contributed by atoms with van der Waals surface area (Å²) in [6, 6.07) is 26.5. The number of nitrogens with two attached hydrogens (primary N) is 1. The van der Waals surface area contributed by atoms with Gasteiger partial charge in [0.25, 0.3) is 0 Å². The van der Waals surface area contributed by atoms with Crippen LogP contribution in [0.1, 0.15) is 43.7 Å². The standard InChI is InChI=1S/C29H27O2.C2H4.CH5N/c1-2-3-4-7-20-30-27-17-13-23(14-18-27)12-15-24-9-5-6-11-28(24)25-16-19-29-26(22-25)10-8-21-31-29;2*1-2/h5-6,8-11,13-14,16-19,21-22H,2-4,7,20H2,1H3;1-2H2;2H2,1H3/q+1;;. The number of rotatable bonds is 7. The third kappa shape index (κ3) is 8.45. The molecule has 1 heterocycles. The highest BCUT2D eigenvalue weighted by Crippen LogP contribution is 2.27. The highest BCUT2D eigenvalue weighted by Gasteiger charge is 2.08. The Morgan fingerprint density at radius 1 is 0.829 bits per heavy atom. The largest absolute Gasteiger partial charge is 0.494 e. The molecule has 3 nitrogen and oxygen atoms in total. The molecule has 0 aliphatic heterocycles. The Morgan fingerprint density at radius 3 is 2.37 bits per heavy atom. The lowest BCUT2D eigenvalue weighted by Crippen LogP contribution is -1.96. The minimum absolute atomic E-state index is 0.775. The molecule has 0 bridgehead atoms. The summed E-state index contributed by atoms with van der Waals surface area (Å²) in [6.07, 6.45) is 6.55. The lowest BCUT2D eigenvalue weighted by atomic mass is 9.98. The number of ether oxygens (including phenoxy) is 1. The molecule has 0 unspecified atom stereocenters. The number of unbranched alkanes of at least 4 members (excludes halogenated alkanes) is 3. The summed E-state index contributed by atoms with van der Waals surface area (Å²) in [5, 5.41) is 1.08. The van der Waals surface area contributed by atoms with Gasteiger partial charge in [-0.15, -0.1) is 13.2 Å². The van der Waals surface area contributed by atoms with Crippen molar-refractivity contribution < 1.29 is 9.15 Å². The number of hydrogen-bond donors (Lipinski definition) is 1. The van der Waals surface area contributed by atoms with E-state index in [1.165, 1.54) is 26.3 Å². The second-order valence-corrected chi connectivity index (χ2v) is 7.59. The van der Waals surface area contributed by atoms with E-state index in [9.17, 15) is 0 Å². The van der Waals surface area contributed by atoms with Crippen LogP contribution in [0.3, 0.4) is 0 Å². The van der Waals surface area contributed by atoms with Gasteiger partial charge < -0.3 is 10.5 Å². The van der Waals surface area contributed by atoms with Crippen LogP contribution < -0.4 is 10.5 Å². The van der Waals surface area contributed by atoms with Crippen molar-refractivity contribution in [3.63, 3.8) is 0 Å².